The Hall–Kier alpha value is -0.0800. The fraction of sp³-hybridized carbons (Fsp3) is 0.917. The zero-order valence-corrected chi connectivity index (χ0v) is 13.5. The fourth-order valence-corrected chi connectivity index (χ4v) is 2.02. The van der Waals surface area contributed by atoms with Crippen molar-refractivity contribution in [3.8, 4) is 0 Å². The van der Waals surface area contributed by atoms with E-state index < -0.39 is 0 Å². The first-order valence-electron chi connectivity index (χ1n) is 6.47. The van der Waals surface area contributed by atoms with Crippen LogP contribution in [0.5, 0.6) is 0 Å². The lowest BCUT2D eigenvalue weighted by Crippen LogP contribution is -2.43. The van der Waals surface area contributed by atoms with Gasteiger partial charge >= 0.3 is 0 Å². The molecule has 1 aliphatic rings. The van der Waals surface area contributed by atoms with E-state index >= 15 is 0 Å². The Morgan fingerprint density at radius 1 is 1.50 bits per heavy atom. The lowest BCUT2D eigenvalue weighted by Gasteiger charge is -2.31. The van der Waals surface area contributed by atoms with Gasteiger partial charge in [0.25, 0.3) is 0 Å². The Kier molecular flexibility index (Phi) is 10.8. The molecule has 1 rings (SSSR count). The second-order valence-corrected chi connectivity index (χ2v) is 4.62. The molecule has 0 radical (unpaired) electrons. The van der Waals surface area contributed by atoms with Gasteiger partial charge in [-0.15, -0.1) is 24.0 Å². The van der Waals surface area contributed by atoms with Gasteiger partial charge < -0.3 is 20.5 Å². The summed E-state index contributed by atoms with van der Waals surface area (Å²) in [6, 6.07) is 0. The highest BCUT2D eigenvalue weighted by molar-refractivity contribution is 14.0. The van der Waals surface area contributed by atoms with Crippen LogP contribution in [0.15, 0.2) is 4.99 Å². The molecule has 0 bridgehead atoms. The van der Waals surface area contributed by atoms with Gasteiger partial charge in [0.1, 0.15) is 0 Å². The van der Waals surface area contributed by atoms with E-state index in [0.717, 1.165) is 19.5 Å². The molecule has 0 saturated carbocycles. The molecule has 1 unspecified atom stereocenters. The number of piperidine rings is 1. The summed E-state index contributed by atoms with van der Waals surface area (Å²) in [5, 5.41) is 8.53. The molecule has 0 spiro atoms. The van der Waals surface area contributed by atoms with Gasteiger partial charge in [-0.3, -0.25) is 4.99 Å². The van der Waals surface area contributed by atoms with E-state index in [4.69, 9.17) is 15.6 Å². The van der Waals surface area contributed by atoms with Gasteiger partial charge in [0.2, 0.25) is 0 Å². The SMILES string of the molecule is CC1CCCN(C(N)=NCCCOCCO)C1.I. The van der Waals surface area contributed by atoms with E-state index in [0.29, 0.717) is 31.6 Å². The predicted octanol–water partition coefficient (Wildman–Crippen LogP) is 1.05. The maximum atomic E-state index is 8.53. The molecule has 0 aromatic carbocycles. The number of aliphatic hydroxyl groups is 1. The van der Waals surface area contributed by atoms with Crippen LogP contribution in [0.25, 0.3) is 0 Å². The number of hydrogen-bond acceptors (Lipinski definition) is 3. The molecule has 0 aromatic rings. The van der Waals surface area contributed by atoms with Crippen molar-refractivity contribution in [2.75, 3.05) is 39.5 Å². The molecule has 3 N–H and O–H groups in total. The van der Waals surface area contributed by atoms with E-state index in [2.05, 4.69) is 16.8 Å². The standard InChI is InChI=1S/C12H25N3O2.HI/c1-11-4-2-6-15(10-11)12(13)14-5-3-8-17-9-7-16;/h11,16H,2-10H2,1H3,(H2,13,14);1H. The molecule has 1 aliphatic heterocycles. The number of aliphatic imine (C=N–C) groups is 1. The monoisotopic (exact) mass is 371 g/mol. The summed E-state index contributed by atoms with van der Waals surface area (Å²) in [6.45, 7) is 6.12. The van der Waals surface area contributed by atoms with Gasteiger partial charge in [-0.05, 0) is 25.2 Å². The molecule has 1 saturated heterocycles. The minimum atomic E-state index is 0. The smallest absolute Gasteiger partial charge is 0.191 e. The molecule has 1 fully saturated rings. The Morgan fingerprint density at radius 2 is 2.28 bits per heavy atom. The maximum Gasteiger partial charge on any atom is 0.191 e. The van der Waals surface area contributed by atoms with Crippen LogP contribution in [0, 0.1) is 5.92 Å². The van der Waals surface area contributed by atoms with Crippen molar-refractivity contribution in [3.63, 3.8) is 0 Å². The number of rotatable bonds is 6. The summed E-state index contributed by atoms with van der Waals surface area (Å²) in [4.78, 5) is 6.53. The van der Waals surface area contributed by atoms with Crippen LogP contribution in [0.3, 0.4) is 0 Å². The van der Waals surface area contributed by atoms with Gasteiger partial charge in [-0.2, -0.15) is 0 Å². The summed E-state index contributed by atoms with van der Waals surface area (Å²) >= 11 is 0. The maximum absolute atomic E-state index is 8.53. The lowest BCUT2D eigenvalue weighted by molar-refractivity contribution is 0.0917. The highest BCUT2D eigenvalue weighted by atomic mass is 127. The van der Waals surface area contributed by atoms with E-state index in [9.17, 15) is 0 Å². The minimum absolute atomic E-state index is 0. The van der Waals surface area contributed by atoms with E-state index in [1.165, 1.54) is 12.8 Å². The first kappa shape index (κ1) is 17.9. The van der Waals surface area contributed by atoms with Gasteiger partial charge in [0, 0.05) is 26.2 Å². The van der Waals surface area contributed by atoms with Gasteiger partial charge in [-0.25, -0.2) is 0 Å². The van der Waals surface area contributed by atoms with E-state index in [1.54, 1.807) is 0 Å². The number of aliphatic hydroxyl groups excluding tert-OH is 1. The zero-order chi connectivity index (χ0) is 12.5. The average molecular weight is 371 g/mol. The first-order valence-corrected chi connectivity index (χ1v) is 6.47. The van der Waals surface area contributed by atoms with Crippen molar-refractivity contribution < 1.29 is 9.84 Å². The second-order valence-electron chi connectivity index (χ2n) is 4.62. The largest absolute Gasteiger partial charge is 0.394 e. The number of hydrogen-bond donors (Lipinski definition) is 2. The van der Waals surface area contributed by atoms with Crippen molar-refractivity contribution in [1.82, 2.24) is 4.90 Å². The number of halogens is 1. The molecule has 6 heteroatoms. The zero-order valence-electron chi connectivity index (χ0n) is 11.2. The van der Waals surface area contributed by atoms with E-state index in [1.807, 2.05) is 0 Å². The van der Waals surface area contributed by atoms with Crippen molar-refractivity contribution in [2.45, 2.75) is 26.2 Å². The van der Waals surface area contributed by atoms with Gasteiger partial charge in [0.05, 0.1) is 13.2 Å². The molecule has 1 heterocycles. The lowest BCUT2D eigenvalue weighted by atomic mass is 10.0. The van der Waals surface area contributed by atoms with Gasteiger partial charge in [0.15, 0.2) is 5.96 Å². The highest BCUT2D eigenvalue weighted by Crippen LogP contribution is 2.14. The molecule has 108 valence electrons. The minimum Gasteiger partial charge on any atom is -0.394 e. The van der Waals surface area contributed by atoms with Gasteiger partial charge in [-0.1, -0.05) is 6.92 Å². The number of likely N-dealkylation sites (tertiary alicyclic amines) is 1. The van der Waals surface area contributed by atoms with Crippen LogP contribution < -0.4 is 5.73 Å². The van der Waals surface area contributed by atoms with Crippen LogP contribution in [-0.4, -0.2) is 55.4 Å². The number of ether oxygens (including phenoxy) is 1. The van der Waals surface area contributed by atoms with Crippen LogP contribution in [0.1, 0.15) is 26.2 Å². The van der Waals surface area contributed by atoms with Crippen LogP contribution in [0.4, 0.5) is 0 Å². The van der Waals surface area contributed by atoms with E-state index in [-0.39, 0.29) is 30.6 Å². The third-order valence-electron chi connectivity index (χ3n) is 2.94. The summed E-state index contributed by atoms with van der Waals surface area (Å²) in [5.41, 5.74) is 5.95. The molecular formula is C12H26IN3O2. The van der Waals surface area contributed by atoms with Crippen molar-refractivity contribution in [1.29, 1.82) is 0 Å². The Balaban J connectivity index is 0.00000289. The molecule has 18 heavy (non-hydrogen) atoms. The highest BCUT2D eigenvalue weighted by Gasteiger charge is 2.17. The summed E-state index contributed by atoms with van der Waals surface area (Å²) in [7, 11) is 0. The second kappa shape index (κ2) is 10.8. The Morgan fingerprint density at radius 3 is 2.94 bits per heavy atom. The number of nitrogens with two attached hydrogens (primary N) is 1. The number of guanidine groups is 1. The Bertz CT molecular complexity index is 239. The van der Waals surface area contributed by atoms with Crippen molar-refractivity contribution in [3.05, 3.63) is 0 Å². The normalized spacial score (nSPS) is 20.7. The fourth-order valence-electron chi connectivity index (χ4n) is 2.02. The summed E-state index contributed by atoms with van der Waals surface area (Å²) in [5.74, 6) is 1.38. The molecule has 0 aliphatic carbocycles. The molecule has 5 nitrogen and oxygen atoms in total. The summed E-state index contributed by atoms with van der Waals surface area (Å²) in [6.07, 6.45) is 3.35. The topological polar surface area (TPSA) is 71.1 Å². The van der Waals surface area contributed by atoms with Crippen LogP contribution >= 0.6 is 24.0 Å². The molecular weight excluding hydrogens is 345 g/mol. The third-order valence-corrected chi connectivity index (χ3v) is 2.94. The van der Waals surface area contributed by atoms with Crippen LogP contribution in [-0.2, 0) is 4.74 Å². The van der Waals surface area contributed by atoms with Crippen molar-refractivity contribution in [2.24, 2.45) is 16.6 Å². The van der Waals surface area contributed by atoms with Crippen LogP contribution in [0.2, 0.25) is 0 Å². The summed E-state index contributed by atoms with van der Waals surface area (Å²) < 4.78 is 5.15. The molecule has 0 aromatic heterocycles. The Labute approximate surface area is 127 Å². The predicted molar refractivity (Wildman–Crippen MR) is 84.4 cm³/mol. The molecule has 0 amide bonds. The quantitative estimate of drug-likeness (QED) is 0.317. The average Bonchev–Trinajstić information content (AvgIpc) is 2.33. The third kappa shape index (κ3) is 7.38. The molecule has 1 atom stereocenters. The van der Waals surface area contributed by atoms with Crippen molar-refractivity contribution >= 4 is 29.9 Å². The number of nitrogens with zero attached hydrogens (tertiary/aromatic N) is 2. The first-order chi connectivity index (χ1) is 8.24.